The lowest BCUT2D eigenvalue weighted by molar-refractivity contribution is -0.694. The van der Waals surface area contributed by atoms with E-state index in [4.69, 9.17) is 0 Å². The lowest BCUT2D eigenvalue weighted by atomic mass is 10.2. The van der Waals surface area contributed by atoms with Gasteiger partial charge in [0, 0.05) is 22.2 Å². The minimum Gasteiger partial charge on any atom is -0.469 e. The number of fused-ring (bicyclic) bond motifs is 1. The summed E-state index contributed by atoms with van der Waals surface area (Å²) in [4.78, 5) is 33.1. The van der Waals surface area contributed by atoms with Crippen LogP contribution in [0.15, 0.2) is 27.7 Å². The summed E-state index contributed by atoms with van der Waals surface area (Å²) >= 11 is 3.11. The van der Waals surface area contributed by atoms with Crippen LogP contribution >= 0.6 is 22.7 Å². The van der Waals surface area contributed by atoms with E-state index >= 15 is 0 Å². The van der Waals surface area contributed by atoms with Gasteiger partial charge in [-0.2, -0.15) is 0 Å². The molecular formula is C17H20N3O3S2+. The van der Waals surface area contributed by atoms with Crippen LogP contribution in [0.25, 0.3) is 20.7 Å². The lowest BCUT2D eigenvalue weighted by Gasteiger charge is -2.09. The molecule has 25 heavy (non-hydrogen) atoms. The first-order chi connectivity index (χ1) is 12.1. The molecule has 0 unspecified atom stereocenters. The van der Waals surface area contributed by atoms with E-state index in [-0.39, 0.29) is 17.6 Å². The van der Waals surface area contributed by atoms with Crippen molar-refractivity contribution >= 4 is 38.9 Å². The molecule has 3 aromatic rings. The second-order valence-electron chi connectivity index (χ2n) is 5.75. The highest BCUT2D eigenvalue weighted by Gasteiger charge is 2.17. The van der Waals surface area contributed by atoms with Gasteiger partial charge in [-0.3, -0.25) is 9.59 Å². The average molecular weight is 378 g/mol. The molecule has 0 aliphatic heterocycles. The molecule has 3 N–H and O–H groups in total. The SMILES string of the molecule is COC(=O)CCC[NH2+][C@H](C)c1nc2scc(-c3cccs3)c2c(=O)[nH]1. The number of quaternary nitrogens is 1. The van der Waals surface area contributed by atoms with Crippen LogP contribution < -0.4 is 10.9 Å². The van der Waals surface area contributed by atoms with Crippen LogP contribution in [0, 0.1) is 0 Å². The molecule has 0 aromatic carbocycles. The number of esters is 1. The van der Waals surface area contributed by atoms with Crippen LogP contribution in [0.5, 0.6) is 0 Å². The van der Waals surface area contributed by atoms with Crippen molar-refractivity contribution in [3.8, 4) is 10.4 Å². The van der Waals surface area contributed by atoms with Gasteiger partial charge in [-0.05, 0) is 18.4 Å². The number of H-pyrrole nitrogens is 1. The Morgan fingerprint density at radius 3 is 3.00 bits per heavy atom. The summed E-state index contributed by atoms with van der Waals surface area (Å²) in [6, 6.07) is 4.00. The molecule has 8 heteroatoms. The van der Waals surface area contributed by atoms with Gasteiger partial charge in [0.05, 0.1) is 25.5 Å². The van der Waals surface area contributed by atoms with Crippen molar-refractivity contribution in [3.63, 3.8) is 0 Å². The molecule has 6 nitrogen and oxygen atoms in total. The monoisotopic (exact) mass is 378 g/mol. The molecule has 0 aliphatic rings. The van der Waals surface area contributed by atoms with Gasteiger partial charge in [-0.25, -0.2) is 4.98 Å². The quantitative estimate of drug-likeness (QED) is 0.488. The van der Waals surface area contributed by atoms with E-state index in [1.165, 1.54) is 18.4 Å². The fraction of sp³-hybridized carbons (Fsp3) is 0.353. The third-order valence-electron chi connectivity index (χ3n) is 4.01. The summed E-state index contributed by atoms with van der Waals surface area (Å²) in [5.41, 5.74) is 0.851. The van der Waals surface area contributed by atoms with Crippen molar-refractivity contribution in [1.29, 1.82) is 0 Å². The standard InChI is InChI=1S/C17H19N3O3S2/c1-10(18-7-3-6-13(21)23-2)15-19-16(22)14-11(9-25-17(14)20-15)12-5-4-8-24-12/h4-5,8-10,18H,3,6-7H2,1-2H3,(H,19,20,22)/p+1/t10-/m1/s1. The third-order valence-corrected chi connectivity index (χ3v) is 5.79. The van der Waals surface area contributed by atoms with Crippen molar-refractivity contribution in [1.82, 2.24) is 9.97 Å². The largest absolute Gasteiger partial charge is 0.469 e. The predicted molar refractivity (Wildman–Crippen MR) is 100 cm³/mol. The number of methoxy groups -OCH3 is 1. The Hall–Kier alpha value is -2.03. The topological polar surface area (TPSA) is 88.7 Å². The van der Waals surface area contributed by atoms with Crippen molar-refractivity contribution in [3.05, 3.63) is 39.1 Å². The van der Waals surface area contributed by atoms with Gasteiger partial charge in [0.1, 0.15) is 10.9 Å². The molecule has 0 saturated heterocycles. The highest BCUT2D eigenvalue weighted by molar-refractivity contribution is 7.18. The number of hydrogen-bond donors (Lipinski definition) is 2. The number of nitrogens with zero attached hydrogens (tertiary/aromatic N) is 1. The van der Waals surface area contributed by atoms with Gasteiger partial charge in [0.25, 0.3) is 5.56 Å². The number of nitrogens with one attached hydrogen (secondary N) is 1. The maximum Gasteiger partial charge on any atom is 0.305 e. The van der Waals surface area contributed by atoms with Crippen LogP contribution in [0.1, 0.15) is 31.6 Å². The van der Waals surface area contributed by atoms with E-state index < -0.39 is 0 Å². The van der Waals surface area contributed by atoms with E-state index in [0.29, 0.717) is 17.6 Å². The molecule has 0 bridgehead atoms. The average Bonchev–Trinajstić information content (AvgIpc) is 3.27. The minimum absolute atomic E-state index is 0.0158. The number of aromatic nitrogens is 2. The number of nitrogens with two attached hydrogens (primary N) is 1. The number of rotatable bonds is 7. The van der Waals surface area contributed by atoms with Crippen molar-refractivity contribution in [2.24, 2.45) is 0 Å². The van der Waals surface area contributed by atoms with E-state index in [9.17, 15) is 9.59 Å². The molecule has 132 valence electrons. The van der Waals surface area contributed by atoms with Crippen LogP contribution in [0.4, 0.5) is 0 Å². The molecule has 0 radical (unpaired) electrons. The molecule has 3 aromatic heterocycles. The Balaban J connectivity index is 1.75. The molecule has 1 atom stereocenters. The van der Waals surface area contributed by atoms with Crippen LogP contribution in [-0.4, -0.2) is 29.6 Å². The molecule has 0 spiro atoms. The molecule has 0 amide bonds. The Bertz CT molecular complexity index is 915. The first kappa shape index (κ1) is 17.8. The zero-order chi connectivity index (χ0) is 17.8. The van der Waals surface area contributed by atoms with Gasteiger partial charge >= 0.3 is 5.97 Å². The van der Waals surface area contributed by atoms with Crippen molar-refractivity contribution < 1.29 is 14.8 Å². The van der Waals surface area contributed by atoms with E-state index in [0.717, 1.165) is 28.2 Å². The summed E-state index contributed by atoms with van der Waals surface area (Å²) < 4.78 is 4.63. The molecule has 3 rings (SSSR count). The number of carbonyl (C=O) groups excluding carboxylic acids is 1. The maximum absolute atomic E-state index is 12.6. The third kappa shape index (κ3) is 3.97. The molecule has 0 fully saturated rings. The number of ether oxygens (including phenoxy) is 1. The summed E-state index contributed by atoms with van der Waals surface area (Å²) in [5, 5.41) is 6.72. The first-order valence-corrected chi connectivity index (χ1v) is 9.81. The molecular weight excluding hydrogens is 358 g/mol. The van der Waals surface area contributed by atoms with Crippen LogP contribution in [0.3, 0.4) is 0 Å². The summed E-state index contributed by atoms with van der Waals surface area (Å²) in [7, 11) is 1.39. The number of thiophene rings is 2. The van der Waals surface area contributed by atoms with Gasteiger partial charge in [-0.1, -0.05) is 6.07 Å². The smallest absolute Gasteiger partial charge is 0.305 e. The highest BCUT2D eigenvalue weighted by atomic mass is 32.1. The number of hydrogen-bond acceptors (Lipinski definition) is 6. The minimum atomic E-state index is -0.200. The van der Waals surface area contributed by atoms with Gasteiger partial charge in [0.2, 0.25) is 0 Å². The van der Waals surface area contributed by atoms with Crippen LogP contribution in [-0.2, 0) is 9.53 Å². The molecule has 0 aliphatic carbocycles. The van der Waals surface area contributed by atoms with Gasteiger partial charge < -0.3 is 15.0 Å². The van der Waals surface area contributed by atoms with Gasteiger partial charge in [-0.15, -0.1) is 22.7 Å². The normalized spacial score (nSPS) is 12.4. The Labute approximate surface area is 152 Å². The first-order valence-electron chi connectivity index (χ1n) is 8.05. The fourth-order valence-corrected chi connectivity index (χ4v) is 4.39. The Morgan fingerprint density at radius 1 is 1.44 bits per heavy atom. The van der Waals surface area contributed by atoms with Gasteiger partial charge in [0.15, 0.2) is 5.82 Å². The molecule has 0 saturated carbocycles. The highest BCUT2D eigenvalue weighted by Crippen LogP contribution is 2.33. The second kappa shape index (κ2) is 7.90. The lowest BCUT2D eigenvalue weighted by Crippen LogP contribution is -2.85. The zero-order valence-corrected chi connectivity index (χ0v) is 15.7. The Morgan fingerprint density at radius 2 is 2.28 bits per heavy atom. The van der Waals surface area contributed by atoms with E-state index in [1.54, 1.807) is 11.3 Å². The number of carbonyl (C=O) groups is 1. The van der Waals surface area contributed by atoms with E-state index in [2.05, 4.69) is 20.0 Å². The second-order valence-corrected chi connectivity index (χ2v) is 7.56. The maximum atomic E-state index is 12.6. The zero-order valence-electron chi connectivity index (χ0n) is 14.1. The number of aromatic amines is 1. The summed E-state index contributed by atoms with van der Waals surface area (Å²) in [6.45, 7) is 2.76. The Kier molecular flexibility index (Phi) is 5.62. The predicted octanol–water partition coefficient (Wildman–Crippen LogP) is 2.29. The van der Waals surface area contributed by atoms with Crippen LogP contribution in [0.2, 0.25) is 0 Å². The van der Waals surface area contributed by atoms with Crippen molar-refractivity contribution in [2.45, 2.75) is 25.8 Å². The summed E-state index contributed by atoms with van der Waals surface area (Å²) in [5.74, 6) is 0.462. The van der Waals surface area contributed by atoms with E-state index in [1.807, 2.05) is 29.8 Å². The van der Waals surface area contributed by atoms with Crippen molar-refractivity contribution in [2.75, 3.05) is 13.7 Å². The summed E-state index contributed by atoms with van der Waals surface area (Å²) in [6.07, 6.45) is 1.13. The fourth-order valence-electron chi connectivity index (χ4n) is 2.62. The molecule has 3 heterocycles.